The van der Waals surface area contributed by atoms with Crippen molar-refractivity contribution in [3.8, 4) is 11.1 Å². The molecule has 0 spiro atoms. The van der Waals surface area contributed by atoms with Crippen LogP contribution in [0.15, 0.2) is 35.7 Å². The van der Waals surface area contributed by atoms with E-state index in [4.69, 9.17) is 4.74 Å². The van der Waals surface area contributed by atoms with Crippen LogP contribution in [0.25, 0.3) is 11.1 Å². The molecule has 1 aromatic heterocycles. The molecule has 122 valence electrons. The van der Waals surface area contributed by atoms with Gasteiger partial charge in [-0.2, -0.15) is 0 Å². The van der Waals surface area contributed by atoms with Crippen LogP contribution in [-0.2, 0) is 9.53 Å². The van der Waals surface area contributed by atoms with E-state index in [2.05, 4.69) is 10.6 Å². The average Bonchev–Trinajstić information content (AvgIpc) is 3.03. The molecule has 2 N–H and O–H groups in total. The van der Waals surface area contributed by atoms with Crippen LogP contribution in [0.2, 0.25) is 0 Å². The number of hydrogen-bond donors (Lipinski definition) is 2. The fourth-order valence-corrected chi connectivity index (χ4v) is 2.87. The Bertz CT molecular complexity index is 665. The normalized spacial score (nSPS) is 10.3. The highest BCUT2D eigenvalue weighted by atomic mass is 32.1. The second-order valence-electron chi connectivity index (χ2n) is 5.05. The highest BCUT2D eigenvalue weighted by Gasteiger charge is 2.15. The summed E-state index contributed by atoms with van der Waals surface area (Å²) < 4.78 is 4.85. The first-order valence-corrected chi connectivity index (χ1v) is 8.18. The Hall–Kier alpha value is -2.18. The largest absolute Gasteiger partial charge is 0.383 e. The quantitative estimate of drug-likeness (QED) is 0.764. The molecular weight excluding hydrogens is 312 g/mol. The van der Waals surface area contributed by atoms with E-state index in [-0.39, 0.29) is 18.4 Å². The van der Waals surface area contributed by atoms with Gasteiger partial charge in [0.1, 0.15) is 0 Å². The van der Waals surface area contributed by atoms with E-state index in [9.17, 15) is 9.59 Å². The summed E-state index contributed by atoms with van der Waals surface area (Å²) in [7, 11) is 1.57. The van der Waals surface area contributed by atoms with Crippen LogP contribution in [0.5, 0.6) is 0 Å². The number of methoxy groups -OCH3 is 1. The lowest BCUT2D eigenvalue weighted by Crippen LogP contribution is -2.38. The predicted octanol–water partition coefficient (Wildman–Crippen LogP) is 2.22. The Balaban J connectivity index is 1.97. The number of rotatable bonds is 7. The molecule has 0 saturated heterocycles. The second-order valence-corrected chi connectivity index (χ2v) is 5.97. The first-order chi connectivity index (χ1) is 11.1. The van der Waals surface area contributed by atoms with Gasteiger partial charge in [0.2, 0.25) is 5.91 Å². The smallest absolute Gasteiger partial charge is 0.262 e. The van der Waals surface area contributed by atoms with E-state index in [0.717, 1.165) is 11.1 Å². The number of ether oxygens (including phenoxy) is 1. The zero-order chi connectivity index (χ0) is 16.7. The molecule has 23 heavy (non-hydrogen) atoms. The van der Waals surface area contributed by atoms with Gasteiger partial charge in [0.25, 0.3) is 5.91 Å². The Morgan fingerprint density at radius 2 is 1.87 bits per heavy atom. The van der Waals surface area contributed by atoms with Gasteiger partial charge in [-0.3, -0.25) is 9.59 Å². The van der Waals surface area contributed by atoms with Gasteiger partial charge in [-0.25, -0.2) is 0 Å². The average molecular weight is 332 g/mol. The van der Waals surface area contributed by atoms with Crippen molar-refractivity contribution in [2.24, 2.45) is 0 Å². The minimum atomic E-state index is -0.238. The van der Waals surface area contributed by atoms with Crippen LogP contribution in [0.1, 0.15) is 15.2 Å². The van der Waals surface area contributed by atoms with Crippen LogP contribution in [0.3, 0.4) is 0 Å². The summed E-state index contributed by atoms with van der Waals surface area (Å²) >= 11 is 1.37. The second kappa shape index (κ2) is 8.45. The van der Waals surface area contributed by atoms with Crippen LogP contribution in [0.4, 0.5) is 0 Å². The van der Waals surface area contributed by atoms with Crippen molar-refractivity contribution in [2.45, 2.75) is 6.92 Å². The molecule has 0 radical (unpaired) electrons. The predicted molar refractivity (Wildman–Crippen MR) is 91.7 cm³/mol. The molecule has 1 aromatic carbocycles. The SMILES string of the molecule is COCCNC(=O)CNC(=O)c1sccc1-c1ccc(C)cc1. The standard InChI is InChI=1S/C17H20N2O3S/c1-12-3-5-13(6-4-12)14-7-10-23-16(14)17(21)19-11-15(20)18-8-9-22-2/h3-7,10H,8-9,11H2,1-2H3,(H,18,20)(H,19,21). The Morgan fingerprint density at radius 1 is 1.13 bits per heavy atom. The molecule has 0 unspecified atom stereocenters. The maximum atomic E-state index is 12.3. The molecule has 1 heterocycles. The van der Waals surface area contributed by atoms with Gasteiger partial charge in [0, 0.05) is 19.2 Å². The lowest BCUT2D eigenvalue weighted by atomic mass is 10.0. The summed E-state index contributed by atoms with van der Waals surface area (Å²) in [5, 5.41) is 7.19. The Labute approximate surface area is 139 Å². The van der Waals surface area contributed by atoms with Crippen molar-refractivity contribution in [1.82, 2.24) is 10.6 Å². The van der Waals surface area contributed by atoms with Crippen LogP contribution >= 0.6 is 11.3 Å². The molecule has 6 heteroatoms. The van der Waals surface area contributed by atoms with Crippen molar-refractivity contribution in [1.29, 1.82) is 0 Å². The Morgan fingerprint density at radius 3 is 2.57 bits per heavy atom. The van der Waals surface area contributed by atoms with Gasteiger partial charge in [0.15, 0.2) is 0 Å². The number of hydrogen-bond acceptors (Lipinski definition) is 4. The molecule has 0 aliphatic carbocycles. The number of aryl methyl sites for hydroxylation is 1. The lowest BCUT2D eigenvalue weighted by Gasteiger charge is -2.07. The summed E-state index contributed by atoms with van der Waals surface area (Å²) in [5.41, 5.74) is 3.04. The first-order valence-electron chi connectivity index (χ1n) is 7.30. The van der Waals surface area contributed by atoms with Crippen molar-refractivity contribution < 1.29 is 14.3 Å². The van der Waals surface area contributed by atoms with E-state index in [1.807, 2.05) is 42.6 Å². The summed E-state index contributed by atoms with van der Waals surface area (Å²) in [4.78, 5) is 24.5. The summed E-state index contributed by atoms with van der Waals surface area (Å²) in [6, 6.07) is 9.93. The summed E-state index contributed by atoms with van der Waals surface area (Å²) in [6.45, 7) is 2.85. The van der Waals surface area contributed by atoms with Gasteiger partial charge < -0.3 is 15.4 Å². The molecular formula is C17H20N2O3S. The van der Waals surface area contributed by atoms with Crippen molar-refractivity contribution in [2.75, 3.05) is 26.8 Å². The fourth-order valence-electron chi connectivity index (χ4n) is 2.04. The van der Waals surface area contributed by atoms with Crippen molar-refractivity contribution in [3.05, 3.63) is 46.2 Å². The minimum absolute atomic E-state index is 0.0478. The summed E-state index contributed by atoms with van der Waals surface area (Å²) in [5.74, 6) is -0.471. The molecule has 2 rings (SSSR count). The van der Waals surface area contributed by atoms with E-state index >= 15 is 0 Å². The van der Waals surface area contributed by atoms with Gasteiger partial charge in [-0.1, -0.05) is 29.8 Å². The van der Waals surface area contributed by atoms with Crippen molar-refractivity contribution in [3.63, 3.8) is 0 Å². The number of carbonyl (C=O) groups is 2. The monoisotopic (exact) mass is 332 g/mol. The number of amides is 2. The van der Waals surface area contributed by atoms with Crippen LogP contribution < -0.4 is 10.6 Å². The van der Waals surface area contributed by atoms with Crippen LogP contribution in [0, 0.1) is 6.92 Å². The van der Waals surface area contributed by atoms with E-state index in [1.165, 1.54) is 16.9 Å². The number of nitrogens with one attached hydrogen (secondary N) is 2. The maximum Gasteiger partial charge on any atom is 0.262 e. The summed E-state index contributed by atoms with van der Waals surface area (Å²) in [6.07, 6.45) is 0. The zero-order valence-corrected chi connectivity index (χ0v) is 14.0. The van der Waals surface area contributed by atoms with Gasteiger partial charge >= 0.3 is 0 Å². The molecule has 0 fully saturated rings. The number of carbonyl (C=O) groups excluding carboxylic acids is 2. The van der Waals surface area contributed by atoms with Gasteiger partial charge in [-0.15, -0.1) is 11.3 Å². The molecule has 0 atom stereocenters. The van der Waals surface area contributed by atoms with E-state index in [0.29, 0.717) is 18.0 Å². The number of thiophene rings is 1. The molecule has 2 amide bonds. The molecule has 0 bridgehead atoms. The molecule has 5 nitrogen and oxygen atoms in total. The molecule has 0 aliphatic heterocycles. The topological polar surface area (TPSA) is 67.4 Å². The first kappa shape index (κ1) is 17.2. The minimum Gasteiger partial charge on any atom is -0.383 e. The highest BCUT2D eigenvalue weighted by Crippen LogP contribution is 2.28. The Kier molecular flexibility index (Phi) is 6.31. The maximum absolute atomic E-state index is 12.3. The highest BCUT2D eigenvalue weighted by molar-refractivity contribution is 7.12. The number of benzene rings is 1. The third-order valence-electron chi connectivity index (χ3n) is 3.27. The van der Waals surface area contributed by atoms with E-state index in [1.54, 1.807) is 7.11 Å². The van der Waals surface area contributed by atoms with Gasteiger partial charge in [-0.05, 0) is 23.9 Å². The van der Waals surface area contributed by atoms with Gasteiger partial charge in [0.05, 0.1) is 18.0 Å². The third-order valence-corrected chi connectivity index (χ3v) is 4.19. The fraction of sp³-hybridized carbons (Fsp3) is 0.294. The molecule has 0 saturated carbocycles. The van der Waals surface area contributed by atoms with E-state index < -0.39 is 0 Å². The van der Waals surface area contributed by atoms with Crippen LogP contribution in [-0.4, -0.2) is 38.6 Å². The molecule has 2 aromatic rings. The third kappa shape index (κ3) is 4.91. The zero-order valence-electron chi connectivity index (χ0n) is 13.2. The lowest BCUT2D eigenvalue weighted by molar-refractivity contribution is -0.120. The van der Waals surface area contributed by atoms with Crippen molar-refractivity contribution >= 4 is 23.2 Å². The molecule has 0 aliphatic rings.